The third-order valence-electron chi connectivity index (χ3n) is 17.4. The molecule has 0 spiro atoms. The number of ether oxygens (including phenoxy) is 1. The molecule has 93 heavy (non-hydrogen) atoms. The first-order chi connectivity index (χ1) is 44.0. The van der Waals surface area contributed by atoms with Gasteiger partial charge in [0, 0.05) is 32.5 Å². The number of hydrogen-bond acceptors (Lipinski definition) is 19. The highest BCUT2D eigenvalue weighted by atomic mass is 16.5. The topological polar surface area (TPSA) is 467 Å². The molecule has 518 valence electrons. The summed E-state index contributed by atoms with van der Waals surface area (Å²) < 4.78 is 5.28. The van der Waals surface area contributed by atoms with Crippen molar-refractivity contribution in [3.63, 3.8) is 0 Å². The lowest BCUT2D eigenvalue weighted by Gasteiger charge is -2.33. The second kappa shape index (κ2) is 36.0. The first-order valence-corrected chi connectivity index (χ1v) is 31.9. The van der Waals surface area contributed by atoms with Crippen LogP contribution in [-0.4, -0.2) is 241 Å². The maximum atomic E-state index is 15.0. The molecule has 4 aliphatic rings. The number of rotatable bonds is 18. The maximum Gasteiger partial charge on any atom is 0.268 e. The number of aryl methyl sites for hydroxylation is 1. The van der Waals surface area contributed by atoms with Gasteiger partial charge in [0.25, 0.3) is 11.8 Å². The van der Waals surface area contributed by atoms with E-state index in [1.54, 1.807) is 52.0 Å². The minimum atomic E-state index is -2.34. The lowest BCUT2D eigenvalue weighted by Crippen LogP contribution is -2.61. The van der Waals surface area contributed by atoms with Crippen molar-refractivity contribution in [1.82, 2.24) is 57.2 Å². The van der Waals surface area contributed by atoms with E-state index < -0.39 is 206 Å². The highest BCUT2D eigenvalue weighted by molar-refractivity contribution is 6.03. The number of carbonyl (C=O) groups is 12. The fourth-order valence-electron chi connectivity index (χ4n) is 11.8. The minimum Gasteiger partial charge on any atom is -0.497 e. The van der Waals surface area contributed by atoms with Crippen LogP contribution in [0.1, 0.15) is 131 Å². The molecule has 15 atom stereocenters. The number of nitrogens with one attached hydrogen (secondary N) is 8. The van der Waals surface area contributed by atoms with Crippen molar-refractivity contribution < 1.29 is 92.9 Å². The SMILES string of the molecule is CC=C1NC(=O)C(CO)NC(=O)C(C(C)CC)NC(=O)C2CCCN2C(=O)C2CCCN2C(=O)CNC(=O)C(CCC(N)=O)NC(=O)C(O)C(CC(O)CC(O)C(O)CC(C)C)NC(=O)C2CCCN2C(=O)C(CCc2ccc(OC)cc2)NC(=O)C(C(C)O)NC1=O. The van der Waals surface area contributed by atoms with E-state index in [9.17, 15) is 88.2 Å². The third-order valence-corrected chi connectivity index (χ3v) is 17.4. The van der Waals surface area contributed by atoms with Gasteiger partial charge in [-0.15, -0.1) is 0 Å². The largest absolute Gasteiger partial charge is 0.497 e. The predicted octanol–water partition coefficient (Wildman–Crippen LogP) is -4.39. The van der Waals surface area contributed by atoms with Crippen LogP contribution in [0, 0.1) is 11.8 Å². The van der Waals surface area contributed by atoms with Crippen LogP contribution >= 0.6 is 0 Å². The summed E-state index contributed by atoms with van der Waals surface area (Å²) in [5.41, 5.74) is 5.61. The van der Waals surface area contributed by atoms with Crippen LogP contribution in [0.3, 0.4) is 0 Å². The molecule has 31 nitrogen and oxygen atoms in total. The van der Waals surface area contributed by atoms with E-state index in [4.69, 9.17) is 10.5 Å². The summed E-state index contributed by atoms with van der Waals surface area (Å²) in [6.45, 7) is 7.76. The zero-order valence-corrected chi connectivity index (χ0v) is 54.0. The van der Waals surface area contributed by atoms with Gasteiger partial charge in [0.1, 0.15) is 59.8 Å². The van der Waals surface area contributed by atoms with Crippen LogP contribution in [0.4, 0.5) is 0 Å². The van der Waals surface area contributed by atoms with E-state index in [0.29, 0.717) is 30.6 Å². The molecule has 0 aliphatic carbocycles. The van der Waals surface area contributed by atoms with Gasteiger partial charge in [-0.3, -0.25) is 57.5 Å². The van der Waals surface area contributed by atoms with Gasteiger partial charge in [-0.05, 0) is 114 Å². The van der Waals surface area contributed by atoms with Crippen molar-refractivity contribution in [3.8, 4) is 5.75 Å². The van der Waals surface area contributed by atoms with Gasteiger partial charge in [0.05, 0.1) is 50.7 Å². The van der Waals surface area contributed by atoms with Gasteiger partial charge in [-0.1, -0.05) is 52.3 Å². The van der Waals surface area contributed by atoms with Gasteiger partial charge < -0.3 is 98.3 Å². The monoisotopic (exact) mass is 1310 g/mol. The van der Waals surface area contributed by atoms with Crippen molar-refractivity contribution in [2.45, 2.75) is 216 Å². The van der Waals surface area contributed by atoms with Crippen LogP contribution < -0.4 is 53.0 Å². The van der Waals surface area contributed by atoms with Gasteiger partial charge >= 0.3 is 0 Å². The lowest BCUT2D eigenvalue weighted by molar-refractivity contribution is -0.147. The second-order valence-corrected chi connectivity index (χ2v) is 24.8. The molecule has 0 radical (unpaired) electrons. The number of allylic oxidation sites excluding steroid dienone is 1. The average molecular weight is 1310 g/mol. The molecule has 12 amide bonds. The van der Waals surface area contributed by atoms with Crippen LogP contribution in [0.15, 0.2) is 36.0 Å². The Morgan fingerprint density at radius 2 is 1.22 bits per heavy atom. The molecule has 15 unspecified atom stereocenters. The summed E-state index contributed by atoms with van der Waals surface area (Å²) in [6.07, 6.45) is -7.95. The molecular formula is C62H96N12O19. The van der Waals surface area contributed by atoms with Crippen LogP contribution in [0.5, 0.6) is 5.75 Å². The molecule has 5 rings (SSSR count). The van der Waals surface area contributed by atoms with E-state index in [0.717, 1.165) is 17.9 Å². The molecule has 31 heteroatoms. The van der Waals surface area contributed by atoms with Crippen molar-refractivity contribution in [2.75, 3.05) is 39.9 Å². The summed E-state index contributed by atoms with van der Waals surface area (Å²) in [4.78, 5) is 173. The number of nitrogens with two attached hydrogens (primary N) is 1. The Bertz CT molecular complexity index is 2840. The molecule has 16 N–H and O–H groups in total. The molecule has 4 saturated heterocycles. The van der Waals surface area contributed by atoms with Gasteiger partial charge in [0.2, 0.25) is 59.1 Å². The second-order valence-electron chi connectivity index (χ2n) is 24.8. The first kappa shape index (κ1) is 75.9. The number of primary amides is 1. The third kappa shape index (κ3) is 21.3. The fourth-order valence-corrected chi connectivity index (χ4v) is 11.8. The van der Waals surface area contributed by atoms with E-state index in [-0.39, 0.29) is 70.5 Å². The molecule has 0 saturated carbocycles. The lowest BCUT2D eigenvalue weighted by atomic mass is 9.94. The smallest absolute Gasteiger partial charge is 0.268 e. The summed E-state index contributed by atoms with van der Waals surface area (Å²) >= 11 is 0. The highest BCUT2D eigenvalue weighted by Gasteiger charge is 2.45. The Kier molecular flexibility index (Phi) is 29.4. The number of benzene rings is 1. The summed E-state index contributed by atoms with van der Waals surface area (Å²) in [6, 6.07) is -6.79. The van der Waals surface area contributed by atoms with Crippen molar-refractivity contribution in [2.24, 2.45) is 17.6 Å². The zero-order valence-electron chi connectivity index (χ0n) is 54.0. The minimum absolute atomic E-state index is 0.0202. The Hall–Kier alpha value is -7.84. The van der Waals surface area contributed by atoms with Crippen molar-refractivity contribution in [3.05, 3.63) is 41.6 Å². The van der Waals surface area contributed by atoms with Gasteiger partial charge in [0.15, 0.2) is 6.10 Å². The maximum absolute atomic E-state index is 15.0. The number of aliphatic hydroxyl groups is 6. The Morgan fingerprint density at radius 1 is 0.656 bits per heavy atom. The van der Waals surface area contributed by atoms with Crippen molar-refractivity contribution in [1.29, 1.82) is 0 Å². The van der Waals surface area contributed by atoms with Crippen molar-refractivity contribution >= 4 is 70.9 Å². The zero-order chi connectivity index (χ0) is 69.0. The standard InChI is InChI=1S/C62H96N12O19/c1-8-33(5)50-58(88)69-42(31-75)55(85)65-38(9-2)54(84)71-51(34(6)76)59(89)67-40(21-18-35-16-19-37(93-7)20-17-35)61(91)73-25-10-13-43(73)56(86)68-41(28-36(77)29-47(79)46(78)27-32(3)4)52(82)60(90)66-39(22-23-48(63)80)53(83)64-30-49(81)72-24-12-15-45(72)62(92)74-26-11-14-44(74)57(87)70-50/h9,16-17,19-20,32-34,36,39-47,50-52,75-79,82H,8,10-15,18,21-31H2,1-7H3,(H2,63,80)(H,64,83)(H,65,85)(H,66,90)(H,67,89)(H,68,86)(H,69,88)(H,70,87)(H,71,84). The summed E-state index contributed by atoms with van der Waals surface area (Å²) in [5, 5.41) is 86.1. The number of fused-ring (bicyclic) bond motifs is 3. The Morgan fingerprint density at radius 3 is 1.78 bits per heavy atom. The molecule has 1 aromatic rings. The predicted molar refractivity (Wildman–Crippen MR) is 331 cm³/mol. The van der Waals surface area contributed by atoms with E-state index in [1.165, 1.54) is 23.8 Å². The molecule has 4 heterocycles. The molecule has 4 fully saturated rings. The van der Waals surface area contributed by atoms with Crippen LogP contribution in [0.25, 0.3) is 0 Å². The number of nitrogens with zero attached hydrogens (tertiary/aromatic N) is 3. The van der Waals surface area contributed by atoms with E-state index in [2.05, 4.69) is 42.5 Å². The molecule has 4 aliphatic heterocycles. The average Bonchev–Trinajstić information content (AvgIpc) is 1.73. The number of methoxy groups -OCH3 is 1. The summed E-state index contributed by atoms with van der Waals surface area (Å²) in [5.74, 6) is -11.6. The summed E-state index contributed by atoms with van der Waals surface area (Å²) in [7, 11) is 1.47. The molecule has 1 aromatic carbocycles. The highest BCUT2D eigenvalue weighted by Crippen LogP contribution is 2.27. The Balaban J connectivity index is 1.55. The normalized spacial score (nSPS) is 28.0. The number of hydrogen-bond donors (Lipinski definition) is 15. The van der Waals surface area contributed by atoms with E-state index >= 15 is 0 Å². The Labute approximate surface area is 540 Å². The van der Waals surface area contributed by atoms with E-state index in [1.807, 2.05) is 0 Å². The molecule has 0 bridgehead atoms. The molecule has 0 aromatic heterocycles. The fraction of sp³-hybridized carbons (Fsp3) is 0.677. The van der Waals surface area contributed by atoms with Crippen LogP contribution in [-0.2, 0) is 64.0 Å². The quantitative estimate of drug-likeness (QED) is 0.0617. The number of aliphatic hydroxyl groups excluding tert-OH is 6. The van der Waals surface area contributed by atoms with Gasteiger partial charge in [-0.2, -0.15) is 0 Å². The molecular weight excluding hydrogens is 1220 g/mol. The van der Waals surface area contributed by atoms with Crippen LogP contribution in [0.2, 0.25) is 0 Å². The van der Waals surface area contributed by atoms with Gasteiger partial charge in [-0.25, -0.2) is 0 Å². The number of carbonyl (C=O) groups excluding carboxylic acids is 12. The number of amides is 12. The first-order valence-electron chi connectivity index (χ1n) is 31.9.